The molecule has 0 radical (unpaired) electrons. The number of rotatable bonds is 0. The molecule has 1 aromatic carbocycles. The standard InChI is InChI=1S/C9H5ClF2N2/c10-7-4-1-2-5(11)8(12)9(4)14-3-6(7)13/h1-3H,13H2. The predicted molar refractivity (Wildman–Crippen MR) is 51.1 cm³/mol. The van der Waals surface area contributed by atoms with Crippen LogP contribution in [0.3, 0.4) is 0 Å². The average Bonchev–Trinajstić information content (AvgIpc) is 2.17. The number of nitrogens with two attached hydrogens (primary N) is 1. The van der Waals surface area contributed by atoms with Crippen LogP contribution in [-0.4, -0.2) is 4.98 Å². The van der Waals surface area contributed by atoms with Crippen LogP contribution in [0, 0.1) is 11.6 Å². The third kappa shape index (κ3) is 1.19. The summed E-state index contributed by atoms with van der Waals surface area (Å²) in [6, 6.07) is 2.34. The Kier molecular flexibility index (Phi) is 2.00. The van der Waals surface area contributed by atoms with Gasteiger partial charge in [0.15, 0.2) is 11.6 Å². The van der Waals surface area contributed by atoms with Crippen LogP contribution in [-0.2, 0) is 0 Å². The first-order valence-corrected chi connectivity index (χ1v) is 4.16. The average molecular weight is 215 g/mol. The molecule has 2 N–H and O–H groups in total. The number of halogens is 3. The van der Waals surface area contributed by atoms with Crippen LogP contribution in [0.1, 0.15) is 0 Å². The maximum absolute atomic E-state index is 13.2. The van der Waals surface area contributed by atoms with Crippen molar-refractivity contribution in [2.24, 2.45) is 0 Å². The Bertz CT molecular complexity index is 466. The lowest BCUT2D eigenvalue weighted by Crippen LogP contribution is -1.93. The molecule has 0 atom stereocenters. The molecular formula is C9H5ClF2N2. The van der Waals surface area contributed by atoms with E-state index >= 15 is 0 Å². The number of fused-ring (bicyclic) bond motifs is 1. The highest BCUT2D eigenvalue weighted by atomic mass is 35.5. The van der Waals surface area contributed by atoms with Gasteiger partial charge in [-0.15, -0.1) is 0 Å². The van der Waals surface area contributed by atoms with E-state index in [1.165, 1.54) is 12.3 Å². The molecule has 0 amide bonds. The Morgan fingerprint density at radius 1 is 1.29 bits per heavy atom. The van der Waals surface area contributed by atoms with Gasteiger partial charge in [0.25, 0.3) is 0 Å². The van der Waals surface area contributed by atoms with Crippen molar-refractivity contribution in [3.63, 3.8) is 0 Å². The van der Waals surface area contributed by atoms with E-state index in [9.17, 15) is 8.78 Å². The maximum Gasteiger partial charge on any atom is 0.185 e. The van der Waals surface area contributed by atoms with Crippen molar-refractivity contribution in [3.8, 4) is 0 Å². The van der Waals surface area contributed by atoms with E-state index in [0.717, 1.165) is 6.07 Å². The molecule has 0 fully saturated rings. The quantitative estimate of drug-likeness (QED) is 0.732. The van der Waals surface area contributed by atoms with Crippen LogP contribution in [0.25, 0.3) is 10.9 Å². The Morgan fingerprint density at radius 3 is 2.71 bits per heavy atom. The molecule has 14 heavy (non-hydrogen) atoms. The molecule has 0 bridgehead atoms. The Morgan fingerprint density at radius 2 is 2.00 bits per heavy atom. The third-order valence-electron chi connectivity index (χ3n) is 1.89. The summed E-state index contributed by atoms with van der Waals surface area (Å²) in [4.78, 5) is 3.68. The minimum absolute atomic E-state index is 0.107. The molecule has 2 rings (SSSR count). The molecule has 5 heteroatoms. The number of benzene rings is 1. The molecule has 0 saturated heterocycles. The topological polar surface area (TPSA) is 38.9 Å². The van der Waals surface area contributed by atoms with Gasteiger partial charge in [-0.05, 0) is 12.1 Å². The van der Waals surface area contributed by atoms with E-state index in [0.29, 0.717) is 5.39 Å². The minimum Gasteiger partial charge on any atom is -0.396 e. The second-order valence-electron chi connectivity index (χ2n) is 2.79. The van der Waals surface area contributed by atoms with E-state index in [4.69, 9.17) is 17.3 Å². The minimum atomic E-state index is -1.01. The molecule has 0 saturated carbocycles. The molecule has 1 heterocycles. The largest absolute Gasteiger partial charge is 0.396 e. The van der Waals surface area contributed by atoms with Crippen molar-refractivity contribution in [1.82, 2.24) is 4.98 Å². The van der Waals surface area contributed by atoms with Gasteiger partial charge < -0.3 is 5.73 Å². The number of aromatic nitrogens is 1. The first-order valence-electron chi connectivity index (χ1n) is 3.79. The predicted octanol–water partition coefficient (Wildman–Crippen LogP) is 2.75. The van der Waals surface area contributed by atoms with Gasteiger partial charge in [0.05, 0.1) is 16.9 Å². The lowest BCUT2D eigenvalue weighted by molar-refractivity contribution is 0.515. The second kappa shape index (κ2) is 3.06. The fourth-order valence-electron chi connectivity index (χ4n) is 1.19. The summed E-state index contributed by atoms with van der Waals surface area (Å²) in [5.74, 6) is -1.96. The molecule has 1 aromatic heterocycles. The Balaban J connectivity index is 2.94. The lowest BCUT2D eigenvalue weighted by Gasteiger charge is -2.03. The van der Waals surface area contributed by atoms with Gasteiger partial charge in [-0.2, -0.15) is 0 Å². The van der Waals surface area contributed by atoms with Gasteiger partial charge >= 0.3 is 0 Å². The summed E-state index contributed by atoms with van der Waals surface area (Å²) in [6.45, 7) is 0. The van der Waals surface area contributed by atoms with E-state index in [-0.39, 0.29) is 16.2 Å². The van der Waals surface area contributed by atoms with Crippen molar-refractivity contribution in [3.05, 3.63) is 35.0 Å². The van der Waals surface area contributed by atoms with Crippen LogP contribution >= 0.6 is 11.6 Å². The van der Waals surface area contributed by atoms with Gasteiger partial charge in [-0.1, -0.05) is 11.6 Å². The van der Waals surface area contributed by atoms with Crippen molar-refractivity contribution < 1.29 is 8.78 Å². The fraction of sp³-hybridized carbons (Fsp3) is 0. The van der Waals surface area contributed by atoms with Crippen LogP contribution in [0.4, 0.5) is 14.5 Å². The zero-order chi connectivity index (χ0) is 10.3. The van der Waals surface area contributed by atoms with Crippen molar-refractivity contribution in [2.75, 3.05) is 5.73 Å². The normalized spacial score (nSPS) is 10.8. The van der Waals surface area contributed by atoms with Gasteiger partial charge in [-0.25, -0.2) is 8.78 Å². The highest BCUT2D eigenvalue weighted by Gasteiger charge is 2.11. The molecule has 0 aliphatic carbocycles. The van der Waals surface area contributed by atoms with Gasteiger partial charge in [0, 0.05) is 5.39 Å². The summed E-state index contributed by atoms with van der Waals surface area (Å²) in [7, 11) is 0. The molecular weight excluding hydrogens is 210 g/mol. The fourth-order valence-corrected chi connectivity index (χ4v) is 1.39. The van der Waals surface area contributed by atoms with Crippen LogP contribution in [0.15, 0.2) is 18.3 Å². The molecule has 2 nitrogen and oxygen atoms in total. The SMILES string of the molecule is Nc1cnc2c(F)c(F)ccc2c1Cl. The summed E-state index contributed by atoms with van der Waals surface area (Å²) in [6.07, 6.45) is 1.20. The van der Waals surface area contributed by atoms with E-state index in [2.05, 4.69) is 4.98 Å². The number of nitrogens with zero attached hydrogens (tertiary/aromatic N) is 1. The molecule has 2 aromatic rings. The molecule has 0 unspecified atom stereocenters. The smallest absolute Gasteiger partial charge is 0.185 e. The highest BCUT2D eigenvalue weighted by molar-refractivity contribution is 6.37. The third-order valence-corrected chi connectivity index (χ3v) is 2.31. The maximum atomic E-state index is 13.2. The number of anilines is 1. The van der Waals surface area contributed by atoms with Crippen LogP contribution in [0.2, 0.25) is 5.02 Å². The zero-order valence-electron chi connectivity index (χ0n) is 6.89. The van der Waals surface area contributed by atoms with Crippen molar-refractivity contribution in [1.29, 1.82) is 0 Å². The Hall–Kier alpha value is -1.42. The number of pyridine rings is 1. The van der Waals surface area contributed by atoms with Crippen molar-refractivity contribution in [2.45, 2.75) is 0 Å². The van der Waals surface area contributed by atoms with Crippen LogP contribution in [0.5, 0.6) is 0 Å². The summed E-state index contributed by atoms with van der Waals surface area (Å²) in [5.41, 5.74) is 5.60. The summed E-state index contributed by atoms with van der Waals surface area (Å²) < 4.78 is 26.0. The van der Waals surface area contributed by atoms with Crippen molar-refractivity contribution >= 4 is 28.2 Å². The van der Waals surface area contributed by atoms with Gasteiger partial charge in [0.2, 0.25) is 0 Å². The van der Waals surface area contributed by atoms with Gasteiger partial charge in [-0.3, -0.25) is 4.98 Å². The number of nitrogen functional groups attached to an aromatic ring is 1. The molecule has 0 aliphatic heterocycles. The van der Waals surface area contributed by atoms with E-state index in [1.54, 1.807) is 0 Å². The summed E-state index contributed by atoms with van der Waals surface area (Å²) >= 11 is 5.80. The number of hydrogen-bond acceptors (Lipinski definition) is 2. The number of hydrogen-bond donors (Lipinski definition) is 1. The monoisotopic (exact) mass is 214 g/mol. The van der Waals surface area contributed by atoms with Gasteiger partial charge in [0.1, 0.15) is 5.52 Å². The Labute approximate surface area is 83.3 Å². The molecule has 72 valence electrons. The first kappa shape index (κ1) is 9.15. The first-order chi connectivity index (χ1) is 6.61. The second-order valence-corrected chi connectivity index (χ2v) is 3.16. The van der Waals surface area contributed by atoms with E-state index in [1.807, 2.05) is 0 Å². The lowest BCUT2D eigenvalue weighted by atomic mass is 10.2. The van der Waals surface area contributed by atoms with E-state index < -0.39 is 11.6 Å². The molecule has 0 spiro atoms. The zero-order valence-corrected chi connectivity index (χ0v) is 7.65. The molecule has 0 aliphatic rings. The van der Waals surface area contributed by atoms with Crippen LogP contribution < -0.4 is 5.73 Å². The summed E-state index contributed by atoms with van der Waals surface area (Å²) in [5, 5.41) is 0.500. The highest BCUT2D eigenvalue weighted by Crippen LogP contribution is 2.29.